The molecule has 1 fully saturated rings. The molecule has 1 aliphatic carbocycles. The van der Waals surface area contributed by atoms with Crippen LogP contribution in [0.5, 0.6) is 0 Å². The maximum absolute atomic E-state index is 13.3. The van der Waals surface area contributed by atoms with Crippen molar-refractivity contribution in [1.82, 2.24) is 5.32 Å². The third-order valence-corrected chi connectivity index (χ3v) is 7.31. The fraction of sp³-hybridized carbons (Fsp3) is 0.375. The monoisotopic (exact) mass is 513 g/mol. The molecule has 4 rings (SSSR count). The molecule has 0 saturated heterocycles. The van der Waals surface area contributed by atoms with E-state index in [9.17, 15) is 9.18 Å². The second-order valence-electron chi connectivity index (χ2n) is 10.8. The molecule has 3 aromatic carbocycles. The van der Waals surface area contributed by atoms with E-state index in [2.05, 4.69) is 22.3 Å². The van der Waals surface area contributed by atoms with Crippen LogP contribution in [0.25, 0.3) is 4.85 Å². The maximum Gasteiger partial charge on any atom is 0.257 e. The Hall–Kier alpha value is -3.53. The van der Waals surface area contributed by atoms with Gasteiger partial charge in [0.2, 0.25) is 0 Å². The van der Waals surface area contributed by atoms with E-state index < -0.39 is 11.1 Å². The lowest BCUT2D eigenvalue weighted by atomic mass is 9.86. The highest BCUT2D eigenvalue weighted by Gasteiger charge is 2.42. The van der Waals surface area contributed by atoms with Crippen molar-refractivity contribution < 1.29 is 13.9 Å². The molecule has 0 aliphatic heterocycles. The molecule has 0 heterocycles. The lowest BCUT2D eigenvalue weighted by Crippen LogP contribution is -2.43. The minimum atomic E-state index is -0.608. The Bertz CT molecular complexity index is 1280. The Morgan fingerprint density at radius 2 is 1.79 bits per heavy atom. The second kappa shape index (κ2) is 11.9. The van der Waals surface area contributed by atoms with Crippen LogP contribution in [0.4, 0.5) is 4.39 Å². The van der Waals surface area contributed by atoms with Gasteiger partial charge in [-0.1, -0.05) is 42.5 Å². The summed E-state index contributed by atoms with van der Waals surface area (Å²) in [6.07, 6.45) is 4.25. The maximum atomic E-state index is 13.3. The van der Waals surface area contributed by atoms with Gasteiger partial charge in [-0.05, 0) is 80.1 Å². The predicted octanol–water partition coefficient (Wildman–Crippen LogP) is 6.48. The van der Waals surface area contributed by atoms with Crippen molar-refractivity contribution >= 4 is 5.91 Å². The third kappa shape index (κ3) is 6.86. The number of ether oxygens (including phenoxy) is 1. The normalized spacial score (nSPS) is 16.8. The number of nitrogens with two attached hydrogens (primary N) is 1. The van der Waals surface area contributed by atoms with Gasteiger partial charge >= 0.3 is 0 Å². The van der Waals surface area contributed by atoms with E-state index in [-0.39, 0.29) is 24.4 Å². The Kier molecular flexibility index (Phi) is 8.61. The van der Waals surface area contributed by atoms with Crippen LogP contribution in [-0.2, 0) is 23.3 Å². The molecular weight excluding hydrogens is 477 g/mol. The highest BCUT2D eigenvalue weighted by Crippen LogP contribution is 2.43. The largest absolute Gasteiger partial charge is 0.375 e. The van der Waals surface area contributed by atoms with E-state index in [0.29, 0.717) is 18.6 Å². The summed E-state index contributed by atoms with van der Waals surface area (Å²) >= 11 is 0. The molecule has 5 nitrogen and oxygen atoms in total. The molecule has 0 radical (unpaired) electrons. The summed E-state index contributed by atoms with van der Waals surface area (Å²) < 4.78 is 19.4. The molecular formula is C32H36FN3O2. The minimum Gasteiger partial charge on any atom is -0.375 e. The van der Waals surface area contributed by atoms with Gasteiger partial charge in [-0.2, -0.15) is 0 Å². The van der Waals surface area contributed by atoms with E-state index in [1.165, 1.54) is 12.1 Å². The van der Waals surface area contributed by atoms with E-state index >= 15 is 0 Å². The lowest BCUT2D eigenvalue weighted by molar-refractivity contribution is 0.0789. The first-order chi connectivity index (χ1) is 18.2. The van der Waals surface area contributed by atoms with Gasteiger partial charge in [0.05, 0.1) is 19.3 Å². The van der Waals surface area contributed by atoms with Crippen LogP contribution in [0.2, 0.25) is 0 Å². The average molecular weight is 514 g/mol. The van der Waals surface area contributed by atoms with Crippen LogP contribution in [0.1, 0.15) is 78.2 Å². The van der Waals surface area contributed by atoms with Crippen molar-refractivity contribution in [1.29, 1.82) is 0 Å². The van der Waals surface area contributed by atoms with Crippen LogP contribution >= 0.6 is 0 Å². The van der Waals surface area contributed by atoms with Crippen molar-refractivity contribution in [3.05, 3.63) is 118 Å². The smallest absolute Gasteiger partial charge is 0.257 e. The van der Waals surface area contributed by atoms with E-state index in [1.54, 1.807) is 12.1 Å². The summed E-state index contributed by atoms with van der Waals surface area (Å²) in [6, 6.07) is 21.6. The number of hydrogen-bond acceptors (Lipinski definition) is 3. The first kappa shape index (κ1) is 27.5. The Morgan fingerprint density at radius 1 is 1.11 bits per heavy atom. The van der Waals surface area contributed by atoms with Gasteiger partial charge in [0.25, 0.3) is 11.4 Å². The first-order valence-electron chi connectivity index (χ1n) is 13.2. The van der Waals surface area contributed by atoms with Crippen molar-refractivity contribution in [2.45, 2.75) is 69.7 Å². The zero-order valence-corrected chi connectivity index (χ0v) is 22.2. The summed E-state index contributed by atoms with van der Waals surface area (Å²) in [6.45, 7) is 12.4. The number of carbonyl (C=O) groups is 1. The van der Waals surface area contributed by atoms with Gasteiger partial charge < -0.3 is 20.6 Å². The molecule has 1 aliphatic rings. The quantitative estimate of drug-likeness (QED) is 0.305. The zero-order chi connectivity index (χ0) is 27.2. The van der Waals surface area contributed by atoms with Crippen LogP contribution in [0, 0.1) is 12.4 Å². The number of amides is 1. The fourth-order valence-corrected chi connectivity index (χ4v) is 5.23. The molecule has 38 heavy (non-hydrogen) atoms. The Balaban J connectivity index is 1.52. The van der Waals surface area contributed by atoms with Gasteiger partial charge in [0.1, 0.15) is 5.82 Å². The second-order valence-corrected chi connectivity index (χ2v) is 10.8. The standard InChI is InChI=1S/C32H36FN3O2/c1-23(26-11-13-29(33)14-12-26)36-30(37)27-17-25(18-28(19-27)32(35-3)15-7-8-16-32)21-38-22-31(2,34)20-24-9-5-4-6-10-24/h4-6,9-14,17-19,23H,7-8,15-16,20-22,34H2,1-2H3,(H,36,37)/t23-,31?/m1/s1. The van der Waals surface area contributed by atoms with Crippen molar-refractivity contribution in [3.63, 3.8) is 0 Å². The molecule has 1 unspecified atom stereocenters. The molecule has 0 bridgehead atoms. The molecule has 1 amide bonds. The van der Waals surface area contributed by atoms with Gasteiger partial charge in [0, 0.05) is 29.5 Å². The number of benzene rings is 3. The summed E-state index contributed by atoms with van der Waals surface area (Å²) in [7, 11) is 0. The van der Waals surface area contributed by atoms with Gasteiger partial charge in [-0.3, -0.25) is 4.79 Å². The van der Waals surface area contributed by atoms with Crippen LogP contribution in [0.15, 0.2) is 72.8 Å². The van der Waals surface area contributed by atoms with Gasteiger partial charge in [0.15, 0.2) is 0 Å². The number of nitrogens with one attached hydrogen (secondary N) is 1. The van der Waals surface area contributed by atoms with Crippen molar-refractivity contribution in [2.24, 2.45) is 5.73 Å². The van der Waals surface area contributed by atoms with E-state index in [1.807, 2.05) is 50.2 Å². The minimum absolute atomic E-state index is 0.240. The van der Waals surface area contributed by atoms with E-state index in [0.717, 1.165) is 47.9 Å². The highest BCUT2D eigenvalue weighted by molar-refractivity contribution is 5.95. The van der Waals surface area contributed by atoms with Gasteiger partial charge in [-0.15, -0.1) is 0 Å². The van der Waals surface area contributed by atoms with Crippen molar-refractivity contribution in [2.75, 3.05) is 6.61 Å². The zero-order valence-electron chi connectivity index (χ0n) is 22.2. The molecule has 198 valence electrons. The van der Waals surface area contributed by atoms with Crippen LogP contribution in [-0.4, -0.2) is 18.1 Å². The van der Waals surface area contributed by atoms with E-state index in [4.69, 9.17) is 17.0 Å². The molecule has 2 atom stereocenters. The van der Waals surface area contributed by atoms with Crippen molar-refractivity contribution in [3.8, 4) is 0 Å². The summed E-state index contributed by atoms with van der Waals surface area (Å²) in [4.78, 5) is 17.4. The molecule has 0 aromatic heterocycles. The number of rotatable bonds is 10. The summed E-state index contributed by atoms with van der Waals surface area (Å²) in [5.41, 5.74) is 9.53. The highest BCUT2D eigenvalue weighted by atomic mass is 19.1. The predicted molar refractivity (Wildman–Crippen MR) is 148 cm³/mol. The molecule has 0 spiro atoms. The number of halogens is 1. The molecule has 6 heteroatoms. The average Bonchev–Trinajstić information content (AvgIpc) is 3.40. The Morgan fingerprint density at radius 3 is 2.45 bits per heavy atom. The van der Waals surface area contributed by atoms with Crippen LogP contribution < -0.4 is 11.1 Å². The topological polar surface area (TPSA) is 68.7 Å². The first-order valence-corrected chi connectivity index (χ1v) is 13.2. The summed E-state index contributed by atoms with van der Waals surface area (Å²) in [5.74, 6) is -0.557. The number of carbonyl (C=O) groups excluding carboxylic acids is 1. The molecule has 3 N–H and O–H groups in total. The van der Waals surface area contributed by atoms with Gasteiger partial charge in [-0.25, -0.2) is 11.0 Å². The molecule has 1 saturated carbocycles. The molecule has 3 aromatic rings. The lowest BCUT2D eigenvalue weighted by Gasteiger charge is -2.25. The number of nitrogens with zero attached hydrogens (tertiary/aromatic N) is 1. The summed E-state index contributed by atoms with van der Waals surface area (Å²) in [5, 5.41) is 3.02. The Labute approximate surface area is 225 Å². The fourth-order valence-electron chi connectivity index (χ4n) is 5.23. The third-order valence-electron chi connectivity index (χ3n) is 7.31. The number of hydrogen-bond donors (Lipinski definition) is 2. The van der Waals surface area contributed by atoms with Crippen LogP contribution in [0.3, 0.4) is 0 Å². The SMILES string of the molecule is [C-]#[N+]C1(c2cc(COCC(C)(N)Cc3ccccc3)cc(C(=O)N[C@H](C)c3ccc(F)cc3)c2)CCCC1.